The molecular formula is C25H28N2O2. The highest BCUT2D eigenvalue weighted by Crippen LogP contribution is 2.15. The van der Waals surface area contributed by atoms with Crippen molar-refractivity contribution in [1.29, 1.82) is 0 Å². The van der Waals surface area contributed by atoms with Gasteiger partial charge >= 0.3 is 0 Å². The maximum absolute atomic E-state index is 12.5. The number of carbonyl (C=O) groups excluding carboxylic acids is 1. The molecule has 0 unspecified atom stereocenters. The van der Waals surface area contributed by atoms with Crippen LogP contribution in [-0.4, -0.2) is 17.5 Å². The lowest BCUT2D eigenvalue weighted by Crippen LogP contribution is -2.22. The van der Waals surface area contributed by atoms with Crippen LogP contribution in [0.3, 0.4) is 0 Å². The quantitative estimate of drug-likeness (QED) is 0.359. The van der Waals surface area contributed by atoms with Crippen molar-refractivity contribution in [2.75, 3.05) is 6.61 Å². The van der Waals surface area contributed by atoms with Crippen molar-refractivity contribution in [1.82, 2.24) is 10.3 Å². The fourth-order valence-electron chi connectivity index (χ4n) is 3.09. The number of fused-ring (bicyclic) bond motifs is 1. The first-order valence-corrected chi connectivity index (χ1v) is 10.3. The van der Waals surface area contributed by atoms with Crippen LogP contribution in [0.15, 0.2) is 72.9 Å². The molecule has 2 aromatic carbocycles. The maximum Gasteiger partial charge on any atom is 0.251 e. The predicted molar refractivity (Wildman–Crippen MR) is 118 cm³/mol. The first-order valence-electron chi connectivity index (χ1n) is 10.3. The van der Waals surface area contributed by atoms with E-state index in [1.807, 2.05) is 48.5 Å². The molecule has 150 valence electrons. The number of nitrogens with one attached hydrogen (secondary N) is 1. The Balaban J connectivity index is 1.49. The van der Waals surface area contributed by atoms with E-state index in [-0.39, 0.29) is 5.91 Å². The summed E-state index contributed by atoms with van der Waals surface area (Å²) >= 11 is 0. The second kappa shape index (κ2) is 11.0. The average molecular weight is 389 g/mol. The van der Waals surface area contributed by atoms with Crippen molar-refractivity contribution in [3.05, 3.63) is 84.1 Å². The van der Waals surface area contributed by atoms with Gasteiger partial charge in [0.15, 0.2) is 0 Å². The van der Waals surface area contributed by atoms with Crippen molar-refractivity contribution >= 4 is 16.8 Å². The molecule has 1 heterocycles. The highest BCUT2D eigenvalue weighted by molar-refractivity contribution is 5.97. The van der Waals surface area contributed by atoms with Crippen LogP contribution in [0.2, 0.25) is 0 Å². The Morgan fingerprint density at radius 2 is 2.00 bits per heavy atom. The Morgan fingerprint density at radius 1 is 1.07 bits per heavy atom. The molecule has 0 spiro atoms. The SMILES string of the molecule is CCCCCC=CCOc1cccc(CNC(=O)c2ccc3ncccc3c2)c1. The molecule has 0 saturated carbocycles. The molecule has 29 heavy (non-hydrogen) atoms. The summed E-state index contributed by atoms with van der Waals surface area (Å²) in [5.74, 6) is 0.712. The van der Waals surface area contributed by atoms with Gasteiger partial charge in [-0.25, -0.2) is 0 Å². The van der Waals surface area contributed by atoms with E-state index in [0.29, 0.717) is 18.7 Å². The van der Waals surface area contributed by atoms with Gasteiger partial charge < -0.3 is 10.1 Å². The Labute approximate surface area is 172 Å². The number of carbonyl (C=O) groups is 1. The minimum absolute atomic E-state index is 0.0999. The van der Waals surface area contributed by atoms with Gasteiger partial charge in [0.25, 0.3) is 5.91 Å². The molecule has 3 rings (SSSR count). The standard InChI is InChI=1S/C25H28N2O2/c1-2-3-4-5-6-7-16-29-23-12-8-10-20(17-23)19-27-25(28)22-13-14-24-21(18-22)11-9-15-26-24/h6-15,17-18H,2-5,16,19H2,1H3,(H,27,28). The largest absolute Gasteiger partial charge is 0.490 e. The molecule has 0 fully saturated rings. The molecule has 1 amide bonds. The normalized spacial score (nSPS) is 11.1. The first kappa shape index (κ1) is 20.6. The number of benzene rings is 2. The van der Waals surface area contributed by atoms with Gasteiger partial charge in [0.2, 0.25) is 0 Å². The molecule has 0 aliphatic heterocycles. The highest BCUT2D eigenvalue weighted by Gasteiger charge is 2.07. The maximum atomic E-state index is 12.5. The minimum atomic E-state index is -0.0999. The van der Waals surface area contributed by atoms with E-state index in [9.17, 15) is 4.79 Å². The summed E-state index contributed by atoms with van der Waals surface area (Å²) in [5, 5.41) is 3.93. The number of hydrogen-bond donors (Lipinski definition) is 1. The third-order valence-electron chi connectivity index (χ3n) is 4.70. The average Bonchev–Trinajstić information content (AvgIpc) is 2.77. The molecular weight excluding hydrogens is 360 g/mol. The van der Waals surface area contributed by atoms with Crippen molar-refractivity contribution in [3.8, 4) is 5.75 Å². The van der Waals surface area contributed by atoms with Crippen LogP contribution < -0.4 is 10.1 Å². The number of allylic oxidation sites excluding steroid dienone is 1. The lowest BCUT2D eigenvalue weighted by Gasteiger charge is -2.08. The second-order valence-corrected chi connectivity index (χ2v) is 7.02. The van der Waals surface area contributed by atoms with Crippen LogP contribution in [0.4, 0.5) is 0 Å². The zero-order valence-corrected chi connectivity index (χ0v) is 16.9. The number of hydrogen-bond acceptors (Lipinski definition) is 3. The number of pyridine rings is 1. The van der Waals surface area contributed by atoms with Gasteiger partial charge in [-0.15, -0.1) is 0 Å². The van der Waals surface area contributed by atoms with Gasteiger partial charge in [-0.2, -0.15) is 0 Å². The third-order valence-corrected chi connectivity index (χ3v) is 4.70. The number of aromatic nitrogens is 1. The molecule has 0 atom stereocenters. The van der Waals surface area contributed by atoms with Crippen LogP contribution in [0.1, 0.15) is 48.5 Å². The summed E-state index contributed by atoms with van der Waals surface area (Å²) in [7, 11) is 0. The van der Waals surface area contributed by atoms with Crippen molar-refractivity contribution in [3.63, 3.8) is 0 Å². The summed E-state index contributed by atoms with van der Waals surface area (Å²) in [6, 6.07) is 17.2. The molecule has 1 N–H and O–H groups in total. The van der Waals surface area contributed by atoms with Crippen molar-refractivity contribution in [2.45, 2.75) is 39.2 Å². The van der Waals surface area contributed by atoms with Gasteiger partial charge in [0.1, 0.15) is 12.4 Å². The lowest BCUT2D eigenvalue weighted by atomic mass is 10.1. The van der Waals surface area contributed by atoms with Gasteiger partial charge in [-0.05, 0) is 54.8 Å². The second-order valence-electron chi connectivity index (χ2n) is 7.02. The van der Waals surface area contributed by atoms with E-state index in [1.165, 1.54) is 19.3 Å². The third kappa shape index (κ3) is 6.46. The smallest absolute Gasteiger partial charge is 0.251 e. The highest BCUT2D eigenvalue weighted by atomic mass is 16.5. The van der Waals surface area contributed by atoms with Crippen LogP contribution in [0, 0.1) is 0 Å². The van der Waals surface area contributed by atoms with E-state index >= 15 is 0 Å². The summed E-state index contributed by atoms with van der Waals surface area (Å²) < 4.78 is 5.79. The fourth-order valence-corrected chi connectivity index (χ4v) is 3.09. The monoisotopic (exact) mass is 388 g/mol. The Morgan fingerprint density at radius 3 is 2.90 bits per heavy atom. The molecule has 0 aliphatic carbocycles. The zero-order chi connectivity index (χ0) is 20.3. The van der Waals surface area contributed by atoms with Gasteiger partial charge in [0.05, 0.1) is 5.52 Å². The topological polar surface area (TPSA) is 51.2 Å². The van der Waals surface area contributed by atoms with E-state index in [4.69, 9.17) is 4.74 Å². The van der Waals surface area contributed by atoms with Crippen molar-refractivity contribution < 1.29 is 9.53 Å². The zero-order valence-electron chi connectivity index (χ0n) is 16.9. The first-order chi connectivity index (χ1) is 14.3. The number of ether oxygens (including phenoxy) is 1. The summed E-state index contributed by atoms with van der Waals surface area (Å²) in [6.45, 7) is 3.22. The Kier molecular flexibility index (Phi) is 7.81. The van der Waals surface area contributed by atoms with E-state index in [0.717, 1.165) is 28.6 Å². The van der Waals surface area contributed by atoms with Gasteiger partial charge in [-0.1, -0.05) is 50.1 Å². The molecule has 3 aromatic rings. The molecule has 0 bridgehead atoms. The predicted octanol–water partition coefficient (Wildman–Crippen LogP) is 5.68. The van der Waals surface area contributed by atoms with Crippen LogP contribution >= 0.6 is 0 Å². The van der Waals surface area contributed by atoms with Crippen molar-refractivity contribution in [2.24, 2.45) is 0 Å². The Bertz CT molecular complexity index is 966. The van der Waals surface area contributed by atoms with Gasteiger partial charge in [-0.3, -0.25) is 9.78 Å². The molecule has 4 heteroatoms. The van der Waals surface area contributed by atoms with E-state index < -0.39 is 0 Å². The lowest BCUT2D eigenvalue weighted by molar-refractivity contribution is 0.0951. The summed E-state index contributed by atoms with van der Waals surface area (Å²) in [5.41, 5.74) is 2.52. The summed E-state index contributed by atoms with van der Waals surface area (Å²) in [4.78, 5) is 16.8. The van der Waals surface area contributed by atoms with Gasteiger partial charge in [0, 0.05) is 23.7 Å². The van der Waals surface area contributed by atoms with E-state index in [2.05, 4.69) is 29.4 Å². The van der Waals surface area contributed by atoms with E-state index in [1.54, 1.807) is 12.3 Å². The molecule has 0 saturated heterocycles. The van der Waals surface area contributed by atoms with Crippen LogP contribution in [-0.2, 0) is 6.54 Å². The number of unbranched alkanes of at least 4 members (excludes halogenated alkanes) is 3. The number of rotatable bonds is 10. The number of amides is 1. The summed E-state index contributed by atoms with van der Waals surface area (Å²) in [6.07, 6.45) is 10.8. The molecule has 4 nitrogen and oxygen atoms in total. The molecule has 0 aliphatic rings. The molecule has 0 radical (unpaired) electrons. The Hall–Kier alpha value is -3.14. The van der Waals surface area contributed by atoms with Crippen LogP contribution in [0.25, 0.3) is 10.9 Å². The minimum Gasteiger partial charge on any atom is -0.490 e. The van der Waals surface area contributed by atoms with Crippen LogP contribution in [0.5, 0.6) is 5.75 Å². The molecule has 1 aromatic heterocycles. The fraction of sp³-hybridized carbons (Fsp3) is 0.280. The number of nitrogens with zero attached hydrogens (tertiary/aromatic N) is 1.